The molecule has 2 amide bonds. The van der Waals surface area contributed by atoms with Crippen LogP contribution >= 0.6 is 34.5 Å². The van der Waals surface area contributed by atoms with Gasteiger partial charge in [-0.1, -0.05) is 41.4 Å². The lowest BCUT2D eigenvalue weighted by atomic mass is 10.2. The largest absolute Gasteiger partial charge is 0.342 e. The van der Waals surface area contributed by atoms with Crippen molar-refractivity contribution in [3.63, 3.8) is 0 Å². The maximum atomic E-state index is 12.3. The average Bonchev–Trinajstić information content (AvgIpc) is 3.03. The summed E-state index contributed by atoms with van der Waals surface area (Å²) in [6.07, 6.45) is 1.10. The van der Waals surface area contributed by atoms with Gasteiger partial charge in [-0.05, 0) is 18.2 Å². The van der Waals surface area contributed by atoms with Crippen molar-refractivity contribution >= 4 is 68.3 Å². The van der Waals surface area contributed by atoms with Gasteiger partial charge in [0.15, 0.2) is 0 Å². The van der Waals surface area contributed by atoms with Gasteiger partial charge in [-0.25, -0.2) is 5.43 Å². The molecule has 0 saturated heterocycles. The van der Waals surface area contributed by atoms with Crippen LogP contribution in [0.4, 0.5) is 5.69 Å². The summed E-state index contributed by atoms with van der Waals surface area (Å²) in [6.45, 7) is -0.349. The van der Waals surface area contributed by atoms with E-state index in [-0.39, 0.29) is 22.8 Å². The smallest absolute Gasteiger partial charge is 0.278 e. The Balaban J connectivity index is 1.59. The first-order chi connectivity index (χ1) is 13.9. The number of amides is 2. The Kier molecular flexibility index (Phi) is 6.42. The van der Waals surface area contributed by atoms with Gasteiger partial charge in [0.1, 0.15) is 4.88 Å². The van der Waals surface area contributed by atoms with Crippen molar-refractivity contribution in [3.05, 3.63) is 73.1 Å². The van der Waals surface area contributed by atoms with E-state index in [0.717, 1.165) is 16.3 Å². The van der Waals surface area contributed by atoms with Gasteiger partial charge >= 0.3 is 0 Å². The van der Waals surface area contributed by atoms with Crippen molar-refractivity contribution in [2.75, 3.05) is 6.54 Å². The highest BCUT2D eigenvalue weighted by Crippen LogP contribution is 2.34. The molecule has 0 unspecified atom stereocenters. The minimum absolute atomic E-state index is 0.129. The number of nitrogens with one attached hydrogen (secondary N) is 2. The summed E-state index contributed by atoms with van der Waals surface area (Å²) in [5, 5.41) is 18.5. The number of hydrogen-bond acceptors (Lipinski definition) is 6. The number of hydrazone groups is 1. The van der Waals surface area contributed by atoms with Crippen LogP contribution in [0.2, 0.25) is 10.0 Å². The third-order valence-electron chi connectivity index (χ3n) is 3.73. The molecule has 1 heterocycles. The molecule has 0 atom stereocenters. The first-order valence-corrected chi connectivity index (χ1v) is 9.65. The minimum atomic E-state index is -0.614. The van der Waals surface area contributed by atoms with E-state index in [1.54, 1.807) is 6.07 Å². The molecule has 0 aliphatic heterocycles. The number of thiophene rings is 1. The molecule has 0 fully saturated rings. The molecule has 11 heteroatoms. The monoisotopic (exact) mass is 450 g/mol. The second-order valence-electron chi connectivity index (χ2n) is 5.68. The predicted octanol–water partition coefficient (Wildman–Crippen LogP) is 4.00. The van der Waals surface area contributed by atoms with E-state index >= 15 is 0 Å². The molecule has 3 rings (SSSR count). The van der Waals surface area contributed by atoms with Crippen molar-refractivity contribution in [2.45, 2.75) is 0 Å². The van der Waals surface area contributed by atoms with E-state index in [4.69, 9.17) is 23.2 Å². The minimum Gasteiger partial charge on any atom is -0.342 e. The number of carbonyl (C=O) groups excluding carboxylic acids is 2. The van der Waals surface area contributed by atoms with Crippen LogP contribution < -0.4 is 10.7 Å². The van der Waals surface area contributed by atoms with Gasteiger partial charge < -0.3 is 5.32 Å². The van der Waals surface area contributed by atoms with Crippen LogP contribution in [0.15, 0.2) is 47.6 Å². The zero-order valence-electron chi connectivity index (χ0n) is 14.5. The van der Waals surface area contributed by atoms with Gasteiger partial charge in [0.2, 0.25) is 0 Å². The summed E-state index contributed by atoms with van der Waals surface area (Å²) in [5.74, 6) is -1.10. The number of nitrogens with zero attached hydrogens (tertiary/aromatic N) is 2. The quantitative estimate of drug-likeness (QED) is 0.335. The highest BCUT2D eigenvalue weighted by Gasteiger charge is 2.17. The van der Waals surface area contributed by atoms with Crippen LogP contribution in [0.5, 0.6) is 0 Å². The maximum absolute atomic E-state index is 12.3. The van der Waals surface area contributed by atoms with Crippen molar-refractivity contribution in [2.24, 2.45) is 5.10 Å². The second kappa shape index (κ2) is 8.99. The SMILES string of the molecule is O=C(CNC(=O)c1sc2ccccc2c1Cl)N/N=C/c1cc(Cl)ccc1[N+](=O)[O-]. The van der Waals surface area contributed by atoms with Crippen LogP contribution in [0.25, 0.3) is 10.1 Å². The molecule has 0 spiro atoms. The van der Waals surface area contributed by atoms with Gasteiger partial charge in [-0.15, -0.1) is 11.3 Å². The number of nitro groups is 1. The number of hydrogen-bond donors (Lipinski definition) is 2. The molecule has 8 nitrogen and oxygen atoms in total. The number of benzene rings is 2. The van der Waals surface area contributed by atoms with Crippen LogP contribution in [0.1, 0.15) is 15.2 Å². The van der Waals surface area contributed by atoms with Crippen LogP contribution in [-0.4, -0.2) is 29.5 Å². The summed E-state index contributed by atoms with van der Waals surface area (Å²) < 4.78 is 0.861. The Morgan fingerprint density at radius 3 is 2.69 bits per heavy atom. The van der Waals surface area contributed by atoms with Crippen LogP contribution in [0.3, 0.4) is 0 Å². The lowest BCUT2D eigenvalue weighted by Gasteiger charge is -2.03. The van der Waals surface area contributed by atoms with Gasteiger partial charge in [0, 0.05) is 21.2 Å². The summed E-state index contributed by atoms with van der Waals surface area (Å²) in [6, 6.07) is 11.3. The fourth-order valence-corrected chi connectivity index (χ4v) is 4.02. The van der Waals surface area contributed by atoms with Gasteiger partial charge in [-0.2, -0.15) is 5.10 Å². The third kappa shape index (κ3) is 4.89. The molecular formula is C18H12Cl2N4O4S. The van der Waals surface area contributed by atoms with E-state index in [0.29, 0.717) is 9.90 Å². The van der Waals surface area contributed by atoms with Gasteiger partial charge in [0.05, 0.1) is 28.3 Å². The van der Waals surface area contributed by atoms with Gasteiger partial charge in [0.25, 0.3) is 17.5 Å². The van der Waals surface area contributed by atoms with E-state index in [1.165, 1.54) is 29.5 Å². The summed E-state index contributed by atoms with van der Waals surface area (Å²) in [5.41, 5.74) is 2.11. The molecule has 148 valence electrons. The normalized spacial score (nSPS) is 11.0. The van der Waals surface area contributed by atoms with Crippen molar-refractivity contribution < 1.29 is 14.5 Å². The molecule has 1 aromatic heterocycles. The Morgan fingerprint density at radius 2 is 1.97 bits per heavy atom. The first kappa shape index (κ1) is 20.7. The molecule has 0 aliphatic carbocycles. The number of halogens is 2. The average molecular weight is 451 g/mol. The van der Waals surface area contributed by atoms with E-state index < -0.39 is 16.7 Å². The topological polar surface area (TPSA) is 114 Å². The Bertz CT molecular complexity index is 1150. The Labute approximate surface area is 178 Å². The molecule has 0 bridgehead atoms. The van der Waals surface area contributed by atoms with Crippen LogP contribution in [-0.2, 0) is 4.79 Å². The number of nitro benzene ring substituents is 1. The third-order valence-corrected chi connectivity index (χ3v) is 5.64. The summed E-state index contributed by atoms with van der Waals surface area (Å²) >= 11 is 13.3. The molecule has 29 heavy (non-hydrogen) atoms. The fraction of sp³-hybridized carbons (Fsp3) is 0.0556. The van der Waals surface area contributed by atoms with Crippen LogP contribution in [0, 0.1) is 10.1 Å². The van der Waals surface area contributed by atoms with Crippen molar-refractivity contribution in [1.29, 1.82) is 0 Å². The van der Waals surface area contributed by atoms with E-state index in [2.05, 4.69) is 15.8 Å². The Hall–Kier alpha value is -3.01. The standard InChI is InChI=1S/C18H12Cl2N4O4S/c19-11-5-6-13(24(27)28)10(7-11)8-22-23-15(25)9-21-18(26)17-16(20)12-3-1-2-4-14(12)29-17/h1-8H,9H2,(H,21,26)(H,23,25)/b22-8+. The van der Waals surface area contributed by atoms with E-state index in [1.807, 2.05) is 18.2 Å². The maximum Gasteiger partial charge on any atom is 0.278 e. The lowest BCUT2D eigenvalue weighted by Crippen LogP contribution is -2.34. The van der Waals surface area contributed by atoms with E-state index in [9.17, 15) is 19.7 Å². The number of carbonyl (C=O) groups is 2. The fourth-order valence-electron chi connectivity index (χ4n) is 2.41. The summed E-state index contributed by atoms with van der Waals surface area (Å²) in [7, 11) is 0. The molecule has 2 N–H and O–H groups in total. The molecular weight excluding hydrogens is 439 g/mol. The molecule has 2 aromatic carbocycles. The summed E-state index contributed by atoms with van der Waals surface area (Å²) in [4.78, 5) is 34.9. The first-order valence-electron chi connectivity index (χ1n) is 8.08. The molecule has 3 aromatic rings. The highest BCUT2D eigenvalue weighted by atomic mass is 35.5. The predicted molar refractivity (Wildman–Crippen MR) is 113 cm³/mol. The molecule has 0 radical (unpaired) electrons. The Morgan fingerprint density at radius 1 is 1.21 bits per heavy atom. The zero-order chi connectivity index (χ0) is 21.0. The molecule has 0 saturated carbocycles. The second-order valence-corrected chi connectivity index (χ2v) is 7.54. The number of fused-ring (bicyclic) bond motifs is 1. The number of rotatable bonds is 6. The van der Waals surface area contributed by atoms with Crippen molar-refractivity contribution in [3.8, 4) is 0 Å². The van der Waals surface area contributed by atoms with Gasteiger partial charge in [-0.3, -0.25) is 19.7 Å². The highest BCUT2D eigenvalue weighted by molar-refractivity contribution is 7.21. The van der Waals surface area contributed by atoms with Crippen molar-refractivity contribution in [1.82, 2.24) is 10.7 Å². The zero-order valence-corrected chi connectivity index (χ0v) is 16.8. The lowest BCUT2D eigenvalue weighted by molar-refractivity contribution is -0.385. The molecule has 0 aliphatic rings.